The van der Waals surface area contributed by atoms with E-state index in [0.717, 1.165) is 6.42 Å². The molecule has 0 radical (unpaired) electrons. The molecule has 1 aliphatic carbocycles. The van der Waals surface area contributed by atoms with Gasteiger partial charge in [0.15, 0.2) is 0 Å². The van der Waals surface area contributed by atoms with Crippen LogP contribution in [-0.4, -0.2) is 11.9 Å². The van der Waals surface area contributed by atoms with Crippen molar-refractivity contribution in [1.29, 1.82) is 0 Å². The number of halogens is 1. The zero-order valence-corrected chi connectivity index (χ0v) is 14.0. The maximum absolute atomic E-state index is 12.0. The lowest BCUT2D eigenvalue weighted by Crippen LogP contribution is -2.44. The Hall–Kier alpha value is -1.06. The maximum atomic E-state index is 12.0. The lowest BCUT2D eigenvalue weighted by Gasteiger charge is -2.22. The van der Waals surface area contributed by atoms with E-state index in [-0.39, 0.29) is 30.3 Å². The largest absolute Gasteiger partial charge is 0.348 e. The van der Waals surface area contributed by atoms with Gasteiger partial charge in [-0.05, 0) is 55.2 Å². The van der Waals surface area contributed by atoms with Gasteiger partial charge in [-0.25, -0.2) is 0 Å². The fraction of sp³-hybridized carbons (Fsp3) is 0.588. The Labute approximate surface area is 134 Å². The lowest BCUT2D eigenvalue weighted by atomic mass is 9.89. The number of amides is 1. The third kappa shape index (κ3) is 4.45. The quantitative estimate of drug-likeness (QED) is 0.897. The van der Waals surface area contributed by atoms with Crippen molar-refractivity contribution in [2.45, 2.75) is 58.5 Å². The summed E-state index contributed by atoms with van der Waals surface area (Å²) in [5.74, 6) is 0.0935. The van der Waals surface area contributed by atoms with Crippen molar-refractivity contribution < 1.29 is 4.79 Å². The van der Waals surface area contributed by atoms with Crippen molar-refractivity contribution >= 4 is 18.3 Å². The van der Waals surface area contributed by atoms with Gasteiger partial charge in [0.1, 0.15) is 0 Å². The summed E-state index contributed by atoms with van der Waals surface area (Å²) in [5.41, 5.74) is 9.98. The van der Waals surface area contributed by atoms with Crippen LogP contribution in [0.1, 0.15) is 56.3 Å². The van der Waals surface area contributed by atoms with Crippen LogP contribution in [0.4, 0.5) is 0 Å². The zero-order chi connectivity index (χ0) is 14.7. The summed E-state index contributed by atoms with van der Waals surface area (Å²) in [5, 5.41) is 3.02. The summed E-state index contributed by atoms with van der Waals surface area (Å²) >= 11 is 0. The molecule has 1 aliphatic rings. The number of hydrogen-bond acceptors (Lipinski definition) is 2. The van der Waals surface area contributed by atoms with E-state index >= 15 is 0 Å². The molecule has 3 nitrogen and oxygen atoms in total. The first-order chi connectivity index (χ1) is 9.49. The van der Waals surface area contributed by atoms with Gasteiger partial charge in [0.25, 0.3) is 0 Å². The number of nitrogens with two attached hydrogens (primary N) is 1. The molecule has 1 aromatic carbocycles. The van der Waals surface area contributed by atoms with Crippen molar-refractivity contribution in [1.82, 2.24) is 5.32 Å². The van der Waals surface area contributed by atoms with Crippen LogP contribution in [0, 0.1) is 5.92 Å². The number of carbonyl (C=O) groups is 1. The van der Waals surface area contributed by atoms with Gasteiger partial charge in [-0.1, -0.05) is 32.0 Å². The van der Waals surface area contributed by atoms with Crippen LogP contribution >= 0.6 is 12.4 Å². The first-order valence-corrected chi connectivity index (χ1v) is 7.66. The Balaban J connectivity index is 0.00000220. The average Bonchev–Trinajstić information content (AvgIpc) is 2.45. The molecule has 3 N–H and O–H groups in total. The number of aryl methyl sites for hydroxylation is 2. The van der Waals surface area contributed by atoms with E-state index in [1.54, 1.807) is 0 Å². The molecule has 0 saturated heterocycles. The fourth-order valence-corrected chi connectivity index (χ4v) is 2.72. The first-order valence-electron chi connectivity index (χ1n) is 7.66. The molecule has 118 valence electrons. The minimum Gasteiger partial charge on any atom is -0.348 e. The standard InChI is InChI=1S/C17H26N2O.ClH/c1-11(2)16(18)17(20)19-12(3)14-9-8-13-6-4-5-7-15(13)10-14;/h8-12,16H,4-7,18H2,1-3H3,(H,19,20);1H. The summed E-state index contributed by atoms with van der Waals surface area (Å²) in [7, 11) is 0. The normalized spacial score (nSPS) is 16.6. The van der Waals surface area contributed by atoms with Crippen molar-refractivity contribution in [2.24, 2.45) is 11.7 Å². The van der Waals surface area contributed by atoms with Gasteiger partial charge in [0.2, 0.25) is 5.91 Å². The molecule has 0 aromatic heterocycles. The van der Waals surface area contributed by atoms with Crippen LogP contribution in [0.2, 0.25) is 0 Å². The highest BCUT2D eigenvalue weighted by atomic mass is 35.5. The highest BCUT2D eigenvalue weighted by Gasteiger charge is 2.20. The van der Waals surface area contributed by atoms with Gasteiger partial charge >= 0.3 is 0 Å². The van der Waals surface area contributed by atoms with E-state index in [9.17, 15) is 4.79 Å². The minimum atomic E-state index is -0.435. The maximum Gasteiger partial charge on any atom is 0.237 e. The van der Waals surface area contributed by atoms with Crippen LogP contribution < -0.4 is 11.1 Å². The van der Waals surface area contributed by atoms with Gasteiger partial charge in [0, 0.05) is 0 Å². The Morgan fingerprint density at radius 1 is 1.14 bits per heavy atom. The number of rotatable bonds is 4. The highest BCUT2D eigenvalue weighted by Crippen LogP contribution is 2.24. The van der Waals surface area contributed by atoms with E-state index in [0.29, 0.717) is 0 Å². The number of benzene rings is 1. The van der Waals surface area contributed by atoms with Gasteiger partial charge < -0.3 is 11.1 Å². The molecule has 0 saturated carbocycles. The fourth-order valence-electron chi connectivity index (χ4n) is 2.72. The summed E-state index contributed by atoms with van der Waals surface area (Å²) in [4.78, 5) is 12.0. The third-order valence-electron chi connectivity index (χ3n) is 4.25. The van der Waals surface area contributed by atoms with Crippen molar-refractivity contribution in [3.63, 3.8) is 0 Å². The molecule has 21 heavy (non-hydrogen) atoms. The Morgan fingerprint density at radius 3 is 2.38 bits per heavy atom. The Bertz CT molecular complexity index is 488. The second-order valence-electron chi connectivity index (χ2n) is 6.24. The van der Waals surface area contributed by atoms with Crippen LogP contribution in [0.25, 0.3) is 0 Å². The average molecular weight is 311 g/mol. The Morgan fingerprint density at radius 2 is 1.76 bits per heavy atom. The molecule has 1 aromatic rings. The van der Waals surface area contributed by atoms with E-state index in [1.807, 2.05) is 20.8 Å². The van der Waals surface area contributed by atoms with E-state index in [4.69, 9.17) is 5.73 Å². The molecule has 2 atom stereocenters. The van der Waals surface area contributed by atoms with Crippen LogP contribution in [0.5, 0.6) is 0 Å². The van der Waals surface area contributed by atoms with E-state index < -0.39 is 6.04 Å². The zero-order valence-electron chi connectivity index (χ0n) is 13.2. The van der Waals surface area contributed by atoms with Crippen LogP contribution in [-0.2, 0) is 17.6 Å². The van der Waals surface area contributed by atoms with Gasteiger partial charge in [-0.3, -0.25) is 4.79 Å². The van der Waals surface area contributed by atoms with Gasteiger partial charge in [-0.15, -0.1) is 12.4 Å². The smallest absolute Gasteiger partial charge is 0.237 e. The predicted octanol–water partition coefficient (Wildman–Crippen LogP) is 3.15. The first kappa shape index (κ1) is 18.0. The van der Waals surface area contributed by atoms with Crippen molar-refractivity contribution in [2.75, 3.05) is 0 Å². The number of carbonyl (C=O) groups excluding carboxylic acids is 1. The Kier molecular flexibility index (Phi) is 6.69. The molecule has 2 rings (SSSR count). The third-order valence-corrected chi connectivity index (χ3v) is 4.25. The molecule has 1 amide bonds. The number of fused-ring (bicyclic) bond motifs is 1. The number of hydrogen-bond donors (Lipinski definition) is 2. The lowest BCUT2D eigenvalue weighted by molar-refractivity contribution is -0.123. The molecule has 0 heterocycles. The monoisotopic (exact) mass is 310 g/mol. The van der Waals surface area contributed by atoms with Gasteiger partial charge in [0.05, 0.1) is 12.1 Å². The summed E-state index contributed by atoms with van der Waals surface area (Å²) in [6.07, 6.45) is 4.92. The molecule has 2 unspecified atom stereocenters. The minimum absolute atomic E-state index is 0. The van der Waals surface area contributed by atoms with Crippen LogP contribution in [0.3, 0.4) is 0 Å². The molecule has 4 heteroatoms. The topological polar surface area (TPSA) is 55.1 Å². The van der Waals surface area contributed by atoms with Gasteiger partial charge in [-0.2, -0.15) is 0 Å². The highest BCUT2D eigenvalue weighted by molar-refractivity contribution is 5.85. The molecule has 0 aliphatic heterocycles. The molecule has 0 bridgehead atoms. The molecular weight excluding hydrogens is 284 g/mol. The van der Waals surface area contributed by atoms with E-state index in [1.165, 1.54) is 36.0 Å². The van der Waals surface area contributed by atoms with E-state index in [2.05, 4.69) is 23.5 Å². The summed E-state index contributed by atoms with van der Waals surface area (Å²) in [6, 6.07) is 6.18. The second kappa shape index (κ2) is 7.81. The molecular formula is C17H27ClN2O. The number of nitrogens with one attached hydrogen (secondary N) is 1. The summed E-state index contributed by atoms with van der Waals surface area (Å²) < 4.78 is 0. The second-order valence-corrected chi connectivity index (χ2v) is 6.24. The molecule has 0 fully saturated rings. The van der Waals surface area contributed by atoms with Crippen molar-refractivity contribution in [3.8, 4) is 0 Å². The summed E-state index contributed by atoms with van der Waals surface area (Å²) in [6.45, 7) is 5.96. The van der Waals surface area contributed by atoms with Crippen LogP contribution in [0.15, 0.2) is 18.2 Å². The van der Waals surface area contributed by atoms with Crippen molar-refractivity contribution in [3.05, 3.63) is 34.9 Å². The predicted molar refractivity (Wildman–Crippen MR) is 89.7 cm³/mol. The molecule has 0 spiro atoms. The SMILES string of the molecule is CC(NC(=O)C(N)C(C)C)c1ccc2c(c1)CCCC2.Cl.